The third-order valence-corrected chi connectivity index (χ3v) is 2.33. The van der Waals surface area contributed by atoms with E-state index in [1.807, 2.05) is 6.92 Å². The van der Waals surface area contributed by atoms with Crippen LogP contribution in [0, 0.1) is 0 Å². The Morgan fingerprint density at radius 1 is 1.24 bits per heavy atom. The van der Waals surface area contributed by atoms with Crippen molar-refractivity contribution in [2.24, 2.45) is 0 Å². The average Bonchev–Trinajstić information content (AvgIpc) is 2.36. The van der Waals surface area contributed by atoms with Gasteiger partial charge in [-0.15, -0.1) is 11.6 Å². The van der Waals surface area contributed by atoms with Crippen molar-refractivity contribution >= 4 is 29.1 Å². The smallest absolute Gasteiger partial charge is 0.251 e. The van der Waals surface area contributed by atoms with Gasteiger partial charge in [-0.3, -0.25) is 9.59 Å². The first-order valence-corrected chi connectivity index (χ1v) is 5.95. The number of benzene rings is 1. The summed E-state index contributed by atoms with van der Waals surface area (Å²) >= 11 is 5.36. The number of nitrogens with one attached hydrogen (secondary N) is 2. The number of halogens is 1. The SMILES string of the molecule is CCCNC(=O)c1ccc(NC(=O)CCl)cc1. The van der Waals surface area contributed by atoms with Crippen LogP contribution in [0.1, 0.15) is 23.7 Å². The highest BCUT2D eigenvalue weighted by Crippen LogP contribution is 2.09. The highest BCUT2D eigenvalue weighted by molar-refractivity contribution is 6.29. The Morgan fingerprint density at radius 3 is 2.41 bits per heavy atom. The van der Waals surface area contributed by atoms with E-state index >= 15 is 0 Å². The zero-order chi connectivity index (χ0) is 12.7. The fraction of sp³-hybridized carbons (Fsp3) is 0.333. The topological polar surface area (TPSA) is 58.2 Å². The Labute approximate surface area is 105 Å². The van der Waals surface area contributed by atoms with Crippen molar-refractivity contribution < 1.29 is 9.59 Å². The molecule has 1 aromatic rings. The van der Waals surface area contributed by atoms with Crippen molar-refractivity contribution in [2.45, 2.75) is 13.3 Å². The lowest BCUT2D eigenvalue weighted by molar-refractivity contribution is -0.113. The molecule has 0 aliphatic carbocycles. The van der Waals surface area contributed by atoms with Gasteiger partial charge in [0.05, 0.1) is 0 Å². The molecule has 92 valence electrons. The van der Waals surface area contributed by atoms with Crippen LogP contribution in [0.2, 0.25) is 0 Å². The van der Waals surface area contributed by atoms with E-state index in [2.05, 4.69) is 10.6 Å². The van der Waals surface area contributed by atoms with E-state index in [-0.39, 0.29) is 17.7 Å². The fourth-order valence-corrected chi connectivity index (χ4v) is 1.31. The van der Waals surface area contributed by atoms with Crippen LogP contribution in [0.25, 0.3) is 0 Å². The normalized spacial score (nSPS) is 9.76. The summed E-state index contributed by atoms with van der Waals surface area (Å²) in [5, 5.41) is 5.37. The summed E-state index contributed by atoms with van der Waals surface area (Å²) < 4.78 is 0. The summed E-state index contributed by atoms with van der Waals surface area (Å²) in [6.07, 6.45) is 0.898. The van der Waals surface area contributed by atoms with Gasteiger partial charge < -0.3 is 10.6 Å². The van der Waals surface area contributed by atoms with E-state index in [0.717, 1.165) is 6.42 Å². The van der Waals surface area contributed by atoms with Gasteiger partial charge in [0, 0.05) is 17.8 Å². The standard InChI is InChI=1S/C12H15ClN2O2/c1-2-7-14-12(17)9-3-5-10(6-4-9)15-11(16)8-13/h3-6H,2,7-8H2,1H3,(H,14,17)(H,15,16). The van der Waals surface area contributed by atoms with Crippen LogP contribution in [0.15, 0.2) is 24.3 Å². The van der Waals surface area contributed by atoms with Crippen LogP contribution in [-0.4, -0.2) is 24.2 Å². The van der Waals surface area contributed by atoms with Crippen LogP contribution in [-0.2, 0) is 4.79 Å². The summed E-state index contributed by atoms with van der Waals surface area (Å²) in [4.78, 5) is 22.6. The van der Waals surface area contributed by atoms with Crippen molar-refractivity contribution in [3.63, 3.8) is 0 Å². The van der Waals surface area contributed by atoms with Gasteiger partial charge in [0.25, 0.3) is 5.91 Å². The quantitative estimate of drug-likeness (QED) is 0.790. The number of alkyl halides is 1. The molecule has 17 heavy (non-hydrogen) atoms. The molecular formula is C12H15ClN2O2. The zero-order valence-corrected chi connectivity index (χ0v) is 10.4. The molecule has 0 atom stereocenters. The highest BCUT2D eigenvalue weighted by Gasteiger charge is 2.05. The molecule has 4 nitrogen and oxygen atoms in total. The predicted molar refractivity (Wildman–Crippen MR) is 68.4 cm³/mol. The van der Waals surface area contributed by atoms with Gasteiger partial charge in [0.1, 0.15) is 5.88 Å². The maximum Gasteiger partial charge on any atom is 0.251 e. The molecule has 0 fully saturated rings. The Bertz CT molecular complexity index is 390. The summed E-state index contributed by atoms with van der Waals surface area (Å²) in [7, 11) is 0. The molecule has 0 aliphatic rings. The summed E-state index contributed by atoms with van der Waals surface area (Å²) in [5.74, 6) is -0.462. The molecule has 1 rings (SSSR count). The van der Waals surface area contributed by atoms with Crippen LogP contribution in [0.4, 0.5) is 5.69 Å². The largest absolute Gasteiger partial charge is 0.352 e. The molecular weight excluding hydrogens is 240 g/mol. The first-order valence-electron chi connectivity index (χ1n) is 5.41. The summed E-state index contributed by atoms with van der Waals surface area (Å²) in [6.45, 7) is 2.65. The van der Waals surface area contributed by atoms with Gasteiger partial charge >= 0.3 is 0 Å². The van der Waals surface area contributed by atoms with E-state index in [4.69, 9.17) is 11.6 Å². The lowest BCUT2D eigenvalue weighted by Crippen LogP contribution is -2.23. The molecule has 0 bridgehead atoms. The van der Waals surface area contributed by atoms with Gasteiger partial charge in [-0.2, -0.15) is 0 Å². The molecule has 2 amide bonds. The van der Waals surface area contributed by atoms with Crippen molar-refractivity contribution in [1.29, 1.82) is 0 Å². The Hall–Kier alpha value is -1.55. The molecule has 0 saturated carbocycles. The maximum absolute atomic E-state index is 11.6. The van der Waals surface area contributed by atoms with E-state index < -0.39 is 0 Å². The Morgan fingerprint density at radius 2 is 1.88 bits per heavy atom. The van der Waals surface area contributed by atoms with Gasteiger partial charge in [-0.05, 0) is 30.7 Å². The molecule has 2 N–H and O–H groups in total. The molecule has 0 aliphatic heterocycles. The van der Waals surface area contributed by atoms with E-state index in [1.54, 1.807) is 24.3 Å². The van der Waals surface area contributed by atoms with E-state index in [0.29, 0.717) is 17.8 Å². The fourth-order valence-electron chi connectivity index (χ4n) is 1.24. The second kappa shape index (κ2) is 6.91. The van der Waals surface area contributed by atoms with Gasteiger partial charge in [0.15, 0.2) is 0 Å². The number of hydrogen-bond acceptors (Lipinski definition) is 2. The number of amides is 2. The highest BCUT2D eigenvalue weighted by atomic mass is 35.5. The van der Waals surface area contributed by atoms with Crippen molar-refractivity contribution in [3.8, 4) is 0 Å². The van der Waals surface area contributed by atoms with Crippen LogP contribution < -0.4 is 10.6 Å². The average molecular weight is 255 g/mol. The first-order chi connectivity index (χ1) is 8.17. The number of hydrogen-bond donors (Lipinski definition) is 2. The van der Waals surface area contributed by atoms with Crippen molar-refractivity contribution in [3.05, 3.63) is 29.8 Å². The van der Waals surface area contributed by atoms with Gasteiger partial charge in [-0.1, -0.05) is 6.92 Å². The Kier molecular flexibility index (Phi) is 5.49. The lowest BCUT2D eigenvalue weighted by atomic mass is 10.2. The lowest BCUT2D eigenvalue weighted by Gasteiger charge is -2.05. The molecule has 0 heterocycles. The minimum absolute atomic E-state index is 0.0846. The minimum atomic E-state index is -0.269. The molecule has 5 heteroatoms. The minimum Gasteiger partial charge on any atom is -0.352 e. The Balaban J connectivity index is 2.61. The molecule has 0 aromatic heterocycles. The monoisotopic (exact) mass is 254 g/mol. The van der Waals surface area contributed by atoms with Crippen LogP contribution in [0.3, 0.4) is 0 Å². The molecule has 0 saturated heterocycles. The predicted octanol–water partition coefficient (Wildman–Crippen LogP) is 2.00. The second-order valence-electron chi connectivity index (χ2n) is 3.52. The molecule has 1 aromatic carbocycles. The van der Waals surface area contributed by atoms with Gasteiger partial charge in [-0.25, -0.2) is 0 Å². The molecule has 0 spiro atoms. The maximum atomic E-state index is 11.6. The molecule has 0 unspecified atom stereocenters. The number of carbonyl (C=O) groups is 2. The van der Waals surface area contributed by atoms with Crippen LogP contribution >= 0.6 is 11.6 Å². The summed E-state index contributed by atoms with van der Waals surface area (Å²) in [6, 6.07) is 6.67. The number of rotatable bonds is 5. The number of anilines is 1. The van der Waals surface area contributed by atoms with Crippen molar-refractivity contribution in [1.82, 2.24) is 5.32 Å². The van der Waals surface area contributed by atoms with E-state index in [1.165, 1.54) is 0 Å². The third kappa shape index (κ3) is 4.44. The summed E-state index contributed by atoms with van der Waals surface area (Å²) in [5.41, 5.74) is 1.20. The molecule has 0 radical (unpaired) electrons. The first kappa shape index (κ1) is 13.5. The zero-order valence-electron chi connectivity index (χ0n) is 9.63. The van der Waals surface area contributed by atoms with Crippen molar-refractivity contribution in [2.75, 3.05) is 17.7 Å². The number of carbonyl (C=O) groups excluding carboxylic acids is 2. The van der Waals surface area contributed by atoms with Crippen LogP contribution in [0.5, 0.6) is 0 Å². The third-order valence-electron chi connectivity index (χ3n) is 2.09. The van der Waals surface area contributed by atoms with E-state index in [9.17, 15) is 9.59 Å². The second-order valence-corrected chi connectivity index (χ2v) is 3.78. The van der Waals surface area contributed by atoms with Gasteiger partial charge in [0.2, 0.25) is 5.91 Å².